The molecule has 2 aliphatic rings. The molecule has 26 heavy (non-hydrogen) atoms. The third-order valence-electron chi connectivity index (χ3n) is 4.26. The number of carbonyl (C=O) groups is 1. The highest BCUT2D eigenvalue weighted by molar-refractivity contribution is 5.73. The molecule has 0 spiro atoms. The smallest absolute Gasteiger partial charge is 0.217 e. The number of fused-ring (bicyclic) bond motifs is 1. The third kappa shape index (κ3) is 4.11. The molecule has 2 fully saturated rings. The molecule has 0 aromatic heterocycles. The van der Waals surface area contributed by atoms with Crippen LogP contribution in [0.15, 0.2) is 36.9 Å². The molecule has 2 heterocycles. The SMILES string of the molecule is C=CCO[C@H]1O[C@@H]2CO[C@@H](c3ccc(F)cc3)O[C@H]2[C@H](O)[C@H]1NC(C)=O. The first-order chi connectivity index (χ1) is 12.5. The van der Waals surface area contributed by atoms with Crippen molar-refractivity contribution < 1.29 is 33.2 Å². The van der Waals surface area contributed by atoms with Crippen molar-refractivity contribution in [3.05, 3.63) is 48.3 Å². The number of aliphatic hydroxyl groups excluding tert-OH is 1. The van der Waals surface area contributed by atoms with Gasteiger partial charge in [-0.1, -0.05) is 18.2 Å². The van der Waals surface area contributed by atoms with Crippen molar-refractivity contribution in [2.24, 2.45) is 0 Å². The summed E-state index contributed by atoms with van der Waals surface area (Å²) in [5.74, 6) is -0.693. The maximum atomic E-state index is 13.1. The summed E-state index contributed by atoms with van der Waals surface area (Å²) >= 11 is 0. The van der Waals surface area contributed by atoms with Crippen molar-refractivity contribution in [1.82, 2.24) is 5.32 Å². The normalized spacial score (nSPS) is 34.0. The molecule has 0 unspecified atom stereocenters. The fourth-order valence-corrected chi connectivity index (χ4v) is 3.07. The van der Waals surface area contributed by atoms with E-state index in [-0.39, 0.29) is 24.9 Å². The second-order valence-electron chi connectivity index (χ2n) is 6.20. The fourth-order valence-electron chi connectivity index (χ4n) is 3.07. The summed E-state index contributed by atoms with van der Waals surface area (Å²) in [7, 11) is 0. The number of carbonyl (C=O) groups excluding carboxylic acids is 1. The summed E-state index contributed by atoms with van der Waals surface area (Å²) in [6.45, 7) is 5.27. The number of amides is 1. The molecule has 6 atom stereocenters. The molecule has 1 aromatic carbocycles. The molecular formula is C18H22FNO6. The van der Waals surface area contributed by atoms with Crippen molar-refractivity contribution in [3.8, 4) is 0 Å². The van der Waals surface area contributed by atoms with Crippen molar-refractivity contribution in [2.45, 2.75) is 43.9 Å². The summed E-state index contributed by atoms with van der Waals surface area (Å²) in [5, 5.41) is 13.4. The predicted octanol–water partition coefficient (Wildman–Crippen LogP) is 1.03. The van der Waals surface area contributed by atoms with E-state index in [4.69, 9.17) is 18.9 Å². The van der Waals surface area contributed by atoms with Gasteiger partial charge in [-0.15, -0.1) is 6.58 Å². The number of aliphatic hydroxyl groups is 1. The lowest BCUT2D eigenvalue weighted by molar-refractivity contribution is -0.343. The van der Waals surface area contributed by atoms with Crippen molar-refractivity contribution in [3.63, 3.8) is 0 Å². The van der Waals surface area contributed by atoms with Gasteiger partial charge in [0.15, 0.2) is 12.6 Å². The minimum atomic E-state index is -1.07. The van der Waals surface area contributed by atoms with Crippen LogP contribution in [0.4, 0.5) is 4.39 Å². The number of halogens is 1. The molecule has 1 aromatic rings. The molecule has 3 rings (SSSR count). The minimum Gasteiger partial charge on any atom is -0.388 e. The van der Waals surface area contributed by atoms with E-state index in [0.717, 1.165) is 0 Å². The second-order valence-corrected chi connectivity index (χ2v) is 6.20. The molecule has 7 nitrogen and oxygen atoms in total. The van der Waals surface area contributed by atoms with Gasteiger partial charge in [0.25, 0.3) is 0 Å². The lowest BCUT2D eigenvalue weighted by Crippen LogP contribution is -2.66. The van der Waals surface area contributed by atoms with Gasteiger partial charge in [0.1, 0.15) is 30.2 Å². The number of benzene rings is 1. The second kappa shape index (κ2) is 8.24. The first-order valence-corrected chi connectivity index (χ1v) is 8.35. The number of ether oxygens (including phenoxy) is 4. The van der Waals surface area contributed by atoms with Crippen LogP contribution in [0.5, 0.6) is 0 Å². The molecule has 1 amide bonds. The van der Waals surface area contributed by atoms with Gasteiger partial charge in [0.2, 0.25) is 5.91 Å². The van der Waals surface area contributed by atoms with Gasteiger partial charge in [-0.05, 0) is 12.1 Å². The molecule has 8 heteroatoms. The third-order valence-corrected chi connectivity index (χ3v) is 4.26. The number of hydrogen-bond acceptors (Lipinski definition) is 6. The van der Waals surface area contributed by atoms with Gasteiger partial charge in [0, 0.05) is 12.5 Å². The molecule has 142 valence electrons. The summed E-state index contributed by atoms with van der Waals surface area (Å²) in [6.07, 6.45) is -2.45. The van der Waals surface area contributed by atoms with E-state index in [1.165, 1.54) is 19.1 Å². The average molecular weight is 367 g/mol. The molecule has 0 saturated carbocycles. The Morgan fingerprint density at radius 2 is 2.15 bits per heavy atom. The Bertz CT molecular complexity index is 639. The topological polar surface area (TPSA) is 86.2 Å². The van der Waals surface area contributed by atoms with E-state index in [1.807, 2.05) is 0 Å². The molecule has 2 N–H and O–H groups in total. The Hall–Kier alpha value is -1.84. The molecule has 2 saturated heterocycles. The van der Waals surface area contributed by atoms with Crippen LogP contribution in [0, 0.1) is 5.82 Å². The maximum absolute atomic E-state index is 13.1. The lowest BCUT2D eigenvalue weighted by Gasteiger charge is -2.47. The van der Waals surface area contributed by atoms with Crippen LogP contribution in [0.2, 0.25) is 0 Å². The Kier molecular flexibility index (Phi) is 6.00. The molecule has 2 aliphatic heterocycles. The Morgan fingerprint density at radius 3 is 2.81 bits per heavy atom. The van der Waals surface area contributed by atoms with Crippen LogP contribution in [-0.2, 0) is 23.7 Å². The average Bonchev–Trinajstić information content (AvgIpc) is 2.63. The standard InChI is InChI=1S/C18H22FNO6/c1-3-8-23-18-14(20-10(2)21)15(22)16-13(25-18)9-24-17(26-16)11-4-6-12(19)7-5-11/h3-7,13-18,22H,1,8-9H2,2H3,(H,20,21)/t13-,14-,15-,16-,17-,18+/m1/s1. The van der Waals surface area contributed by atoms with E-state index < -0.39 is 36.9 Å². The molecular weight excluding hydrogens is 345 g/mol. The fraction of sp³-hybridized carbons (Fsp3) is 0.500. The van der Waals surface area contributed by atoms with Crippen molar-refractivity contribution >= 4 is 5.91 Å². The van der Waals surface area contributed by atoms with Crippen LogP contribution in [0.1, 0.15) is 18.8 Å². The summed E-state index contributed by atoms with van der Waals surface area (Å²) in [4.78, 5) is 11.5. The lowest BCUT2D eigenvalue weighted by atomic mass is 9.95. The Balaban J connectivity index is 1.75. The van der Waals surface area contributed by atoms with E-state index >= 15 is 0 Å². The monoisotopic (exact) mass is 367 g/mol. The van der Waals surface area contributed by atoms with E-state index in [2.05, 4.69) is 11.9 Å². The predicted molar refractivity (Wildman–Crippen MR) is 88.4 cm³/mol. The number of hydrogen-bond donors (Lipinski definition) is 2. The Morgan fingerprint density at radius 1 is 1.42 bits per heavy atom. The van der Waals surface area contributed by atoms with E-state index in [1.54, 1.807) is 18.2 Å². The van der Waals surface area contributed by atoms with Crippen LogP contribution < -0.4 is 5.32 Å². The van der Waals surface area contributed by atoms with Gasteiger partial charge < -0.3 is 29.4 Å². The summed E-state index contributed by atoms with van der Waals surface area (Å²) in [5.41, 5.74) is 0.623. The maximum Gasteiger partial charge on any atom is 0.217 e. The van der Waals surface area contributed by atoms with Crippen LogP contribution in [0.25, 0.3) is 0 Å². The van der Waals surface area contributed by atoms with E-state index in [0.29, 0.717) is 5.56 Å². The zero-order chi connectivity index (χ0) is 18.7. The van der Waals surface area contributed by atoms with Crippen LogP contribution in [-0.4, -0.2) is 54.9 Å². The highest BCUT2D eigenvalue weighted by Gasteiger charge is 2.50. The van der Waals surface area contributed by atoms with Gasteiger partial charge in [-0.3, -0.25) is 4.79 Å². The molecule has 0 radical (unpaired) electrons. The highest BCUT2D eigenvalue weighted by Crippen LogP contribution is 2.34. The number of nitrogens with one attached hydrogen (secondary N) is 1. The first-order valence-electron chi connectivity index (χ1n) is 8.35. The van der Waals surface area contributed by atoms with Crippen molar-refractivity contribution in [1.29, 1.82) is 0 Å². The summed E-state index contributed by atoms with van der Waals surface area (Å²) in [6, 6.07) is 4.92. The van der Waals surface area contributed by atoms with Gasteiger partial charge in [-0.2, -0.15) is 0 Å². The first kappa shape index (κ1) is 18.9. The molecule has 0 aliphatic carbocycles. The Labute approximate surface area is 150 Å². The van der Waals surface area contributed by atoms with Gasteiger partial charge in [-0.25, -0.2) is 4.39 Å². The quantitative estimate of drug-likeness (QED) is 0.756. The summed E-state index contributed by atoms with van der Waals surface area (Å²) < 4.78 is 35.9. The van der Waals surface area contributed by atoms with Crippen LogP contribution in [0.3, 0.4) is 0 Å². The largest absolute Gasteiger partial charge is 0.388 e. The van der Waals surface area contributed by atoms with Crippen molar-refractivity contribution in [2.75, 3.05) is 13.2 Å². The number of rotatable bonds is 5. The molecule has 0 bridgehead atoms. The highest BCUT2D eigenvalue weighted by atomic mass is 19.1. The van der Waals surface area contributed by atoms with Gasteiger partial charge >= 0.3 is 0 Å². The van der Waals surface area contributed by atoms with Crippen LogP contribution >= 0.6 is 0 Å². The zero-order valence-corrected chi connectivity index (χ0v) is 14.3. The zero-order valence-electron chi connectivity index (χ0n) is 14.3. The minimum absolute atomic E-state index is 0.157. The van der Waals surface area contributed by atoms with Gasteiger partial charge in [0.05, 0.1) is 13.2 Å². The van der Waals surface area contributed by atoms with E-state index in [9.17, 15) is 14.3 Å².